The van der Waals surface area contributed by atoms with Crippen LogP contribution in [0.1, 0.15) is 6.92 Å². The highest BCUT2D eigenvalue weighted by molar-refractivity contribution is 5.78. The Morgan fingerprint density at radius 3 is 2.65 bits per heavy atom. The van der Waals surface area contributed by atoms with Crippen molar-refractivity contribution < 1.29 is 14.3 Å². The summed E-state index contributed by atoms with van der Waals surface area (Å²) in [6, 6.07) is 8.15. The van der Waals surface area contributed by atoms with Gasteiger partial charge >= 0.3 is 0 Å². The van der Waals surface area contributed by atoms with E-state index < -0.39 is 0 Å². The monoisotopic (exact) mass is 321 g/mol. The van der Waals surface area contributed by atoms with E-state index in [1.54, 1.807) is 14.2 Å². The van der Waals surface area contributed by atoms with Crippen LogP contribution in [0.15, 0.2) is 24.3 Å². The van der Waals surface area contributed by atoms with Crippen LogP contribution in [0.2, 0.25) is 0 Å². The van der Waals surface area contributed by atoms with Crippen molar-refractivity contribution in [1.29, 1.82) is 0 Å². The molecule has 128 valence electrons. The van der Waals surface area contributed by atoms with Gasteiger partial charge in [0.05, 0.1) is 20.3 Å². The van der Waals surface area contributed by atoms with Crippen molar-refractivity contribution in [2.75, 3.05) is 58.5 Å². The molecule has 0 saturated carbocycles. The Bertz CT molecular complexity index is 502. The van der Waals surface area contributed by atoms with Gasteiger partial charge in [-0.1, -0.05) is 6.07 Å². The molecule has 1 amide bonds. The normalized spacial score (nSPS) is 16.9. The number of benzene rings is 1. The summed E-state index contributed by atoms with van der Waals surface area (Å²) >= 11 is 0. The van der Waals surface area contributed by atoms with Gasteiger partial charge in [-0.25, -0.2) is 0 Å². The summed E-state index contributed by atoms with van der Waals surface area (Å²) < 4.78 is 10.3. The lowest BCUT2D eigenvalue weighted by Crippen LogP contribution is -2.50. The fourth-order valence-electron chi connectivity index (χ4n) is 2.79. The molecule has 0 aliphatic carbocycles. The molecule has 0 aromatic heterocycles. The average Bonchev–Trinajstić information content (AvgIpc) is 2.55. The van der Waals surface area contributed by atoms with E-state index in [9.17, 15) is 4.79 Å². The first-order chi connectivity index (χ1) is 11.1. The second kappa shape index (κ2) is 8.74. The molecule has 1 unspecified atom stereocenters. The van der Waals surface area contributed by atoms with E-state index in [4.69, 9.17) is 9.47 Å². The number of ether oxygens (including phenoxy) is 2. The first kappa shape index (κ1) is 17.6. The van der Waals surface area contributed by atoms with Crippen molar-refractivity contribution in [3.05, 3.63) is 24.3 Å². The van der Waals surface area contributed by atoms with Crippen LogP contribution in [0.5, 0.6) is 5.75 Å². The lowest BCUT2D eigenvalue weighted by Gasteiger charge is -2.36. The minimum Gasteiger partial charge on any atom is -0.497 e. The quantitative estimate of drug-likeness (QED) is 0.811. The molecular weight excluding hydrogens is 294 g/mol. The largest absolute Gasteiger partial charge is 0.497 e. The van der Waals surface area contributed by atoms with E-state index in [2.05, 4.69) is 27.2 Å². The molecule has 1 fully saturated rings. The number of amides is 1. The van der Waals surface area contributed by atoms with E-state index in [1.165, 1.54) is 5.69 Å². The molecule has 1 aliphatic rings. The van der Waals surface area contributed by atoms with E-state index >= 15 is 0 Å². The van der Waals surface area contributed by atoms with Gasteiger partial charge in [0.1, 0.15) is 5.75 Å². The van der Waals surface area contributed by atoms with Crippen LogP contribution in [0.3, 0.4) is 0 Å². The molecule has 0 radical (unpaired) electrons. The first-order valence-electron chi connectivity index (χ1n) is 8.02. The maximum absolute atomic E-state index is 12.0. The van der Waals surface area contributed by atoms with Gasteiger partial charge in [0.25, 0.3) is 0 Å². The Kier molecular flexibility index (Phi) is 6.67. The maximum Gasteiger partial charge on any atom is 0.234 e. The van der Waals surface area contributed by atoms with Gasteiger partial charge in [0, 0.05) is 51.1 Å². The first-order valence-corrected chi connectivity index (χ1v) is 8.02. The second-order valence-electron chi connectivity index (χ2n) is 5.89. The van der Waals surface area contributed by atoms with Crippen molar-refractivity contribution in [3.63, 3.8) is 0 Å². The standard InChI is InChI=1S/C17H27N3O3/c1-14(13-22-2)18-17(21)12-19-7-9-20(10-8-19)15-5-4-6-16(11-15)23-3/h4-6,11,14H,7-10,12-13H2,1-3H3,(H,18,21). The van der Waals surface area contributed by atoms with Gasteiger partial charge < -0.3 is 19.7 Å². The van der Waals surface area contributed by atoms with Crippen molar-refractivity contribution in [3.8, 4) is 5.75 Å². The summed E-state index contributed by atoms with van der Waals surface area (Å²) in [4.78, 5) is 16.5. The van der Waals surface area contributed by atoms with Crippen molar-refractivity contribution in [1.82, 2.24) is 10.2 Å². The number of hydrogen-bond donors (Lipinski definition) is 1. The lowest BCUT2D eigenvalue weighted by molar-refractivity contribution is -0.123. The number of nitrogens with zero attached hydrogens (tertiary/aromatic N) is 2. The Morgan fingerprint density at radius 1 is 1.26 bits per heavy atom. The molecule has 0 bridgehead atoms. The zero-order valence-electron chi connectivity index (χ0n) is 14.2. The third-order valence-electron chi connectivity index (χ3n) is 3.98. The summed E-state index contributed by atoms with van der Waals surface area (Å²) in [5, 5.41) is 2.95. The molecule has 1 N–H and O–H groups in total. The smallest absolute Gasteiger partial charge is 0.234 e. The Hall–Kier alpha value is -1.79. The average molecular weight is 321 g/mol. The molecule has 1 aliphatic heterocycles. The number of carbonyl (C=O) groups excluding carboxylic acids is 1. The van der Waals surface area contributed by atoms with Crippen molar-refractivity contribution in [2.45, 2.75) is 13.0 Å². The van der Waals surface area contributed by atoms with Gasteiger partial charge in [-0.3, -0.25) is 9.69 Å². The molecule has 23 heavy (non-hydrogen) atoms. The fraction of sp³-hybridized carbons (Fsp3) is 0.588. The van der Waals surface area contributed by atoms with Crippen LogP contribution in [0, 0.1) is 0 Å². The number of methoxy groups -OCH3 is 2. The minimum absolute atomic E-state index is 0.0468. The third-order valence-corrected chi connectivity index (χ3v) is 3.98. The van der Waals surface area contributed by atoms with Gasteiger partial charge in [0.15, 0.2) is 0 Å². The summed E-state index contributed by atoms with van der Waals surface area (Å²) in [7, 11) is 3.32. The summed E-state index contributed by atoms with van der Waals surface area (Å²) in [6.45, 7) is 6.51. The Morgan fingerprint density at radius 2 is 2.00 bits per heavy atom. The number of hydrogen-bond acceptors (Lipinski definition) is 5. The highest BCUT2D eigenvalue weighted by Gasteiger charge is 2.20. The molecule has 1 aromatic rings. The molecular formula is C17H27N3O3. The van der Waals surface area contributed by atoms with E-state index in [0.29, 0.717) is 13.2 Å². The van der Waals surface area contributed by atoms with E-state index in [-0.39, 0.29) is 11.9 Å². The van der Waals surface area contributed by atoms with Crippen LogP contribution < -0.4 is 15.0 Å². The molecule has 1 heterocycles. The zero-order valence-corrected chi connectivity index (χ0v) is 14.2. The number of carbonyl (C=O) groups is 1. The highest BCUT2D eigenvalue weighted by atomic mass is 16.5. The van der Waals surface area contributed by atoms with Crippen LogP contribution in [0.25, 0.3) is 0 Å². The number of rotatable bonds is 7. The maximum atomic E-state index is 12.0. The lowest BCUT2D eigenvalue weighted by atomic mass is 10.2. The van der Waals surface area contributed by atoms with Gasteiger partial charge in [-0.15, -0.1) is 0 Å². The molecule has 1 saturated heterocycles. The Balaban J connectivity index is 1.78. The number of nitrogens with one attached hydrogen (secondary N) is 1. The van der Waals surface area contributed by atoms with Gasteiger partial charge in [-0.05, 0) is 19.1 Å². The predicted molar refractivity (Wildman–Crippen MR) is 91.1 cm³/mol. The number of piperazine rings is 1. The van der Waals surface area contributed by atoms with E-state index in [0.717, 1.165) is 31.9 Å². The summed E-state index contributed by atoms with van der Waals surface area (Å²) in [5.74, 6) is 0.931. The van der Waals surface area contributed by atoms with Crippen LogP contribution in [-0.2, 0) is 9.53 Å². The van der Waals surface area contributed by atoms with E-state index in [1.807, 2.05) is 19.1 Å². The highest BCUT2D eigenvalue weighted by Crippen LogP contribution is 2.21. The molecule has 1 atom stereocenters. The SMILES string of the molecule is COCC(C)NC(=O)CN1CCN(c2cccc(OC)c2)CC1. The third kappa shape index (κ3) is 5.41. The zero-order chi connectivity index (χ0) is 16.7. The second-order valence-corrected chi connectivity index (χ2v) is 5.89. The van der Waals surface area contributed by atoms with Crippen molar-refractivity contribution >= 4 is 11.6 Å². The van der Waals surface area contributed by atoms with Crippen LogP contribution in [-0.4, -0.2) is 70.4 Å². The van der Waals surface area contributed by atoms with Crippen molar-refractivity contribution in [2.24, 2.45) is 0 Å². The molecule has 2 rings (SSSR count). The topological polar surface area (TPSA) is 54.0 Å². The molecule has 6 heteroatoms. The molecule has 0 spiro atoms. The summed E-state index contributed by atoms with van der Waals surface area (Å²) in [6.07, 6.45) is 0. The molecule has 6 nitrogen and oxygen atoms in total. The fourth-order valence-corrected chi connectivity index (χ4v) is 2.79. The molecule has 1 aromatic carbocycles. The summed E-state index contributed by atoms with van der Waals surface area (Å²) in [5.41, 5.74) is 1.17. The van der Waals surface area contributed by atoms with Crippen LogP contribution in [0.4, 0.5) is 5.69 Å². The van der Waals surface area contributed by atoms with Crippen LogP contribution >= 0.6 is 0 Å². The van der Waals surface area contributed by atoms with Gasteiger partial charge in [-0.2, -0.15) is 0 Å². The predicted octanol–water partition coefficient (Wildman–Crippen LogP) is 0.968. The number of anilines is 1. The minimum atomic E-state index is 0.0468. The van der Waals surface area contributed by atoms with Gasteiger partial charge in [0.2, 0.25) is 5.91 Å². The Labute approximate surface area is 138 Å².